The molecule has 1 aromatic heterocycles. The fourth-order valence-corrected chi connectivity index (χ4v) is 4.40. The number of nitrogens with zero attached hydrogens (tertiary/aromatic N) is 5. The Morgan fingerprint density at radius 3 is 2.57 bits per heavy atom. The summed E-state index contributed by atoms with van der Waals surface area (Å²) in [5, 5.41) is 23.5. The molecule has 1 aliphatic heterocycles. The van der Waals surface area contributed by atoms with Crippen molar-refractivity contribution < 1.29 is 19.5 Å². The Bertz CT molecular complexity index is 1250. The summed E-state index contributed by atoms with van der Waals surface area (Å²) in [4.78, 5) is 19.7. The number of rotatable bonds is 8. The number of piperidine rings is 1. The summed E-state index contributed by atoms with van der Waals surface area (Å²) < 4.78 is 7.80. The highest BCUT2D eigenvalue weighted by Gasteiger charge is 2.20. The predicted octanol–water partition coefficient (Wildman–Crippen LogP) is 5.61. The van der Waals surface area contributed by atoms with Crippen LogP contribution in [0, 0.1) is 0 Å². The van der Waals surface area contributed by atoms with E-state index in [0.29, 0.717) is 17.8 Å². The zero-order chi connectivity index (χ0) is 24.8. The third kappa shape index (κ3) is 6.07. The van der Waals surface area contributed by atoms with E-state index in [1.54, 1.807) is 14.0 Å². The topological polar surface area (TPSA) is 101 Å². The molecule has 1 N–H and O–H groups in total. The number of hydrogen-bond acceptors (Lipinski definition) is 7. The molecule has 0 unspecified atom stereocenters. The van der Waals surface area contributed by atoms with Gasteiger partial charge in [-0.25, -0.2) is 0 Å². The van der Waals surface area contributed by atoms with Crippen molar-refractivity contribution >= 4 is 44.1 Å². The number of azo groups is 1. The van der Waals surface area contributed by atoms with Crippen LogP contribution in [0.3, 0.4) is 0 Å². The van der Waals surface area contributed by atoms with E-state index in [-0.39, 0.29) is 18.2 Å². The SMILES string of the molecule is COc1ccc(/C(C)=N/OCC(=O)N=Nc2c(O)n(CN3CCCCC3)c3ccc(Br)cc23)cc1. The second kappa shape index (κ2) is 11.5. The maximum Gasteiger partial charge on any atom is 0.304 e. The molecule has 0 bridgehead atoms. The average Bonchev–Trinajstić information content (AvgIpc) is 3.13. The van der Waals surface area contributed by atoms with Gasteiger partial charge >= 0.3 is 5.91 Å². The second-order valence-electron chi connectivity index (χ2n) is 8.35. The lowest BCUT2D eigenvalue weighted by molar-refractivity contribution is -0.122. The molecular formula is C25H28BrN5O4. The molecule has 1 aliphatic rings. The molecule has 2 aromatic carbocycles. The number of benzene rings is 2. The van der Waals surface area contributed by atoms with Crippen LogP contribution in [0.4, 0.5) is 5.69 Å². The molecule has 9 nitrogen and oxygen atoms in total. The molecule has 2 heterocycles. The van der Waals surface area contributed by atoms with Crippen LogP contribution in [0.2, 0.25) is 0 Å². The first kappa shape index (κ1) is 24.9. The van der Waals surface area contributed by atoms with Crippen LogP contribution in [-0.4, -0.2) is 53.0 Å². The smallest absolute Gasteiger partial charge is 0.304 e. The van der Waals surface area contributed by atoms with E-state index in [9.17, 15) is 9.90 Å². The number of carbonyl (C=O) groups is 1. The van der Waals surface area contributed by atoms with Crippen molar-refractivity contribution in [1.82, 2.24) is 9.47 Å². The maximum absolute atomic E-state index is 12.3. The number of ether oxygens (including phenoxy) is 1. The third-order valence-electron chi connectivity index (χ3n) is 5.92. The van der Waals surface area contributed by atoms with E-state index in [4.69, 9.17) is 9.57 Å². The number of halogens is 1. The second-order valence-corrected chi connectivity index (χ2v) is 9.27. The zero-order valence-corrected chi connectivity index (χ0v) is 21.4. The van der Waals surface area contributed by atoms with Gasteiger partial charge in [-0.3, -0.25) is 14.3 Å². The van der Waals surface area contributed by atoms with Gasteiger partial charge in [0.1, 0.15) is 5.75 Å². The quantitative estimate of drug-likeness (QED) is 0.227. The Morgan fingerprint density at radius 2 is 1.86 bits per heavy atom. The Morgan fingerprint density at radius 1 is 1.11 bits per heavy atom. The van der Waals surface area contributed by atoms with Crippen molar-refractivity contribution in [2.24, 2.45) is 15.4 Å². The van der Waals surface area contributed by atoms with E-state index < -0.39 is 5.91 Å². The van der Waals surface area contributed by atoms with Crippen molar-refractivity contribution in [1.29, 1.82) is 0 Å². The van der Waals surface area contributed by atoms with E-state index >= 15 is 0 Å². The normalized spacial score (nSPS) is 15.1. The van der Waals surface area contributed by atoms with Gasteiger partial charge in [0.05, 0.1) is 25.0 Å². The fourth-order valence-electron chi connectivity index (χ4n) is 4.04. The molecule has 10 heteroatoms. The molecule has 0 spiro atoms. The summed E-state index contributed by atoms with van der Waals surface area (Å²) >= 11 is 3.47. The highest BCUT2D eigenvalue weighted by atomic mass is 79.9. The Labute approximate surface area is 212 Å². The summed E-state index contributed by atoms with van der Waals surface area (Å²) in [5.41, 5.74) is 2.54. The van der Waals surface area contributed by atoms with Crippen LogP contribution in [-0.2, 0) is 16.3 Å². The minimum absolute atomic E-state index is 0.0190. The lowest BCUT2D eigenvalue weighted by Crippen LogP contribution is -2.31. The first-order valence-corrected chi connectivity index (χ1v) is 12.2. The highest BCUT2D eigenvalue weighted by molar-refractivity contribution is 9.10. The van der Waals surface area contributed by atoms with Gasteiger partial charge in [-0.05, 0) is 80.9 Å². The third-order valence-corrected chi connectivity index (χ3v) is 6.41. The van der Waals surface area contributed by atoms with E-state index in [1.165, 1.54) is 6.42 Å². The molecule has 3 aromatic rings. The first-order chi connectivity index (χ1) is 17.0. The molecule has 1 saturated heterocycles. The molecule has 0 saturated carbocycles. The average molecular weight is 542 g/mol. The van der Waals surface area contributed by atoms with E-state index in [2.05, 4.69) is 36.2 Å². The fraction of sp³-hybridized carbons (Fsp3) is 0.360. The summed E-state index contributed by atoms with van der Waals surface area (Å²) in [6.07, 6.45) is 3.52. The lowest BCUT2D eigenvalue weighted by atomic mass is 10.1. The molecule has 0 radical (unpaired) electrons. The number of aromatic hydroxyl groups is 1. The minimum Gasteiger partial charge on any atom is -0.497 e. The van der Waals surface area contributed by atoms with Crippen molar-refractivity contribution in [3.8, 4) is 11.6 Å². The van der Waals surface area contributed by atoms with Gasteiger partial charge in [0.2, 0.25) is 5.88 Å². The van der Waals surface area contributed by atoms with Gasteiger partial charge in [-0.2, -0.15) is 0 Å². The van der Waals surface area contributed by atoms with Crippen molar-refractivity contribution in [3.63, 3.8) is 0 Å². The Balaban J connectivity index is 1.46. The van der Waals surface area contributed by atoms with Gasteiger partial charge in [0, 0.05) is 9.86 Å². The molecule has 4 rings (SSSR count). The van der Waals surface area contributed by atoms with Gasteiger partial charge in [-0.1, -0.05) is 27.5 Å². The summed E-state index contributed by atoms with van der Waals surface area (Å²) in [5.74, 6) is 0.114. The molecular weight excluding hydrogens is 514 g/mol. The van der Waals surface area contributed by atoms with Crippen LogP contribution in [0.1, 0.15) is 31.7 Å². The first-order valence-electron chi connectivity index (χ1n) is 11.4. The van der Waals surface area contributed by atoms with Crippen molar-refractivity contribution in [2.45, 2.75) is 32.9 Å². The van der Waals surface area contributed by atoms with Crippen LogP contribution >= 0.6 is 15.9 Å². The molecule has 0 aliphatic carbocycles. The molecule has 0 atom stereocenters. The van der Waals surface area contributed by atoms with Gasteiger partial charge in [0.25, 0.3) is 0 Å². The number of aromatic nitrogens is 1. The molecule has 35 heavy (non-hydrogen) atoms. The van der Waals surface area contributed by atoms with Crippen LogP contribution in [0.25, 0.3) is 10.9 Å². The largest absolute Gasteiger partial charge is 0.497 e. The minimum atomic E-state index is -0.609. The van der Waals surface area contributed by atoms with Crippen LogP contribution in [0.5, 0.6) is 11.6 Å². The van der Waals surface area contributed by atoms with E-state index in [1.807, 2.05) is 47.0 Å². The number of hydrogen-bond donors (Lipinski definition) is 1. The zero-order valence-electron chi connectivity index (χ0n) is 19.8. The monoisotopic (exact) mass is 541 g/mol. The van der Waals surface area contributed by atoms with Gasteiger partial charge in [0.15, 0.2) is 12.3 Å². The summed E-state index contributed by atoms with van der Waals surface area (Å²) in [6.45, 7) is 3.93. The number of fused-ring (bicyclic) bond motifs is 1. The van der Waals surface area contributed by atoms with Gasteiger partial charge in [-0.15, -0.1) is 10.2 Å². The molecule has 184 valence electrons. The number of methoxy groups -OCH3 is 1. The summed E-state index contributed by atoms with van der Waals surface area (Å²) in [6, 6.07) is 13.0. The summed E-state index contributed by atoms with van der Waals surface area (Å²) in [7, 11) is 1.60. The predicted molar refractivity (Wildman–Crippen MR) is 137 cm³/mol. The van der Waals surface area contributed by atoms with Crippen molar-refractivity contribution in [2.75, 3.05) is 26.8 Å². The number of likely N-dealkylation sites (tertiary alicyclic amines) is 1. The highest BCUT2D eigenvalue weighted by Crippen LogP contribution is 2.40. The standard InChI is InChI=1S/C25H28BrN5O4/c1-17(18-6-9-20(34-2)10-7-18)29-35-15-23(32)27-28-24-21-14-19(26)8-11-22(21)31(25(24)33)16-30-12-4-3-5-13-30/h6-11,14,33H,3-5,12-13,15-16H2,1-2H3/b28-27?,29-17+. The lowest BCUT2D eigenvalue weighted by Gasteiger charge is -2.27. The Hall–Kier alpha value is -3.24. The van der Waals surface area contributed by atoms with Crippen LogP contribution < -0.4 is 4.74 Å². The van der Waals surface area contributed by atoms with Gasteiger partial charge < -0.3 is 14.7 Å². The molecule has 1 fully saturated rings. The van der Waals surface area contributed by atoms with Crippen molar-refractivity contribution in [3.05, 3.63) is 52.5 Å². The maximum atomic E-state index is 12.3. The van der Waals surface area contributed by atoms with Crippen LogP contribution in [0.15, 0.2) is 62.3 Å². The number of oxime groups is 1. The number of amides is 1. The Kier molecular flexibility index (Phi) is 8.14. The van der Waals surface area contributed by atoms with E-state index in [0.717, 1.165) is 47.2 Å². The molecule has 1 amide bonds. The number of carbonyl (C=O) groups excluding carboxylic acids is 1.